The molecule has 0 aliphatic heterocycles. The molecule has 0 aliphatic rings. The third-order valence-electron chi connectivity index (χ3n) is 2.30. The Kier molecular flexibility index (Phi) is 5.19. The van der Waals surface area contributed by atoms with E-state index in [0.717, 1.165) is 19.3 Å². The van der Waals surface area contributed by atoms with Gasteiger partial charge in [-0.15, -0.1) is 0 Å². The molecule has 0 fully saturated rings. The fourth-order valence-corrected chi connectivity index (χ4v) is 1.47. The number of aryl methyl sites for hydroxylation is 2. The molecular formula is C12H15ClO2. The highest BCUT2D eigenvalue weighted by molar-refractivity contribution is 6.13. The molecule has 1 aromatic rings. The van der Waals surface area contributed by atoms with Crippen LogP contribution in [0.5, 0.6) is 0 Å². The molecule has 0 atom stereocenters. The molecule has 0 spiro atoms. The van der Waals surface area contributed by atoms with Crippen molar-refractivity contribution in [2.45, 2.75) is 32.6 Å². The molecule has 1 rings (SSSR count). The van der Waals surface area contributed by atoms with E-state index in [0.29, 0.717) is 6.42 Å². The Hall–Kier alpha value is -1.02. The SMILES string of the molecule is Cc1ccc(CCCCC(=O)OCl)cc1. The fraction of sp³-hybridized carbons (Fsp3) is 0.417. The maximum absolute atomic E-state index is 10.7. The molecule has 82 valence electrons. The molecule has 1 aromatic carbocycles. The Bertz CT molecular complexity index is 306. The summed E-state index contributed by atoms with van der Waals surface area (Å²) in [6.07, 6.45) is 3.19. The second-order valence-corrected chi connectivity index (χ2v) is 3.80. The van der Waals surface area contributed by atoms with E-state index in [1.165, 1.54) is 11.1 Å². The Labute approximate surface area is 95.4 Å². The Morgan fingerprint density at radius 3 is 2.53 bits per heavy atom. The second kappa shape index (κ2) is 6.46. The van der Waals surface area contributed by atoms with Gasteiger partial charge in [-0.3, -0.25) is 4.79 Å². The van der Waals surface area contributed by atoms with Crippen LogP contribution in [-0.4, -0.2) is 5.97 Å². The van der Waals surface area contributed by atoms with E-state index in [9.17, 15) is 4.79 Å². The molecule has 0 radical (unpaired) electrons. The summed E-state index contributed by atoms with van der Waals surface area (Å²) in [6, 6.07) is 8.44. The van der Waals surface area contributed by atoms with Gasteiger partial charge in [0.2, 0.25) is 0 Å². The van der Waals surface area contributed by atoms with Crippen LogP contribution >= 0.6 is 11.9 Å². The molecule has 0 aromatic heterocycles. The molecule has 0 saturated carbocycles. The number of rotatable bonds is 5. The summed E-state index contributed by atoms with van der Waals surface area (Å²) < 4.78 is 4.05. The van der Waals surface area contributed by atoms with Crippen LogP contribution in [0, 0.1) is 6.92 Å². The highest BCUT2D eigenvalue weighted by Crippen LogP contribution is 2.08. The van der Waals surface area contributed by atoms with E-state index in [-0.39, 0.29) is 5.97 Å². The molecule has 0 amide bonds. The van der Waals surface area contributed by atoms with Crippen LogP contribution in [0.1, 0.15) is 30.4 Å². The van der Waals surface area contributed by atoms with Crippen LogP contribution in [-0.2, 0) is 15.5 Å². The zero-order chi connectivity index (χ0) is 11.1. The minimum absolute atomic E-state index is 0.347. The van der Waals surface area contributed by atoms with Crippen LogP contribution in [0.15, 0.2) is 24.3 Å². The van der Waals surface area contributed by atoms with Crippen molar-refractivity contribution in [3.05, 3.63) is 35.4 Å². The molecule has 3 heteroatoms. The summed E-state index contributed by atoms with van der Waals surface area (Å²) in [7, 11) is 0. The van der Waals surface area contributed by atoms with Gasteiger partial charge in [0, 0.05) is 6.42 Å². The summed E-state index contributed by atoms with van der Waals surface area (Å²) in [5.74, 6) is -0.347. The van der Waals surface area contributed by atoms with E-state index >= 15 is 0 Å². The molecule has 0 unspecified atom stereocenters. The van der Waals surface area contributed by atoms with Gasteiger partial charge >= 0.3 is 5.97 Å². The largest absolute Gasteiger partial charge is 0.348 e. The van der Waals surface area contributed by atoms with Crippen molar-refractivity contribution in [2.24, 2.45) is 0 Å². The minimum atomic E-state index is -0.347. The number of carbonyl (C=O) groups excluding carboxylic acids is 1. The monoisotopic (exact) mass is 226 g/mol. The molecule has 0 aliphatic carbocycles. The van der Waals surface area contributed by atoms with Crippen LogP contribution < -0.4 is 0 Å². The number of carbonyl (C=O) groups is 1. The van der Waals surface area contributed by atoms with Gasteiger partial charge in [0.05, 0.1) is 0 Å². The van der Waals surface area contributed by atoms with Crippen molar-refractivity contribution in [1.29, 1.82) is 0 Å². The van der Waals surface area contributed by atoms with E-state index in [4.69, 9.17) is 11.9 Å². The van der Waals surface area contributed by atoms with Crippen LogP contribution in [0.4, 0.5) is 0 Å². The Morgan fingerprint density at radius 2 is 1.93 bits per heavy atom. The summed E-state index contributed by atoms with van der Waals surface area (Å²) in [4.78, 5) is 10.7. The summed E-state index contributed by atoms with van der Waals surface area (Å²) in [5, 5.41) is 0. The Balaban J connectivity index is 2.20. The number of benzene rings is 1. The standard InChI is InChI=1S/C12H15ClO2/c1-10-6-8-11(9-7-10)4-2-3-5-12(14)15-13/h6-9H,2-5H2,1H3. The molecule has 0 N–H and O–H groups in total. The third-order valence-corrected chi connectivity index (χ3v) is 2.48. The average molecular weight is 227 g/mol. The lowest BCUT2D eigenvalue weighted by Gasteiger charge is -2.01. The van der Waals surface area contributed by atoms with E-state index in [2.05, 4.69) is 35.5 Å². The maximum atomic E-state index is 10.7. The summed E-state index contributed by atoms with van der Waals surface area (Å²) in [6.45, 7) is 2.07. The first kappa shape index (κ1) is 12.1. The second-order valence-electron chi connectivity index (χ2n) is 3.64. The van der Waals surface area contributed by atoms with Gasteiger partial charge in [-0.05, 0) is 31.7 Å². The van der Waals surface area contributed by atoms with Crippen molar-refractivity contribution < 1.29 is 9.08 Å². The number of unbranched alkanes of at least 4 members (excludes halogenated alkanes) is 1. The molecule has 0 bridgehead atoms. The highest BCUT2D eigenvalue weighted by Gasteiger charge is 2.01. The third kappa shape index (κ3) is 4.84. The van der Waals surface area contributed by atoms with E-state index in [1.54, 1.807) is 0 Å². The molecule has 0 saturated heterocycles. The lowest BCUT2D eigenvalue weighted by Crippen LogP contribution is -1.96. The highest BCUT2D eigenvalue weighted by atomic mass is 35.5. The van der Waals surface area contributed by atoms with Crippen LogP contribution in [0.3, 0.4) is 0 Å². The quantitative estimate of drug-likeness (QED) is 0.720. The predicted molar refractivity (Wildman–Crippen MR) is 60.7 cm³/mol. The smallest absolute Gasteiger partial charge is 0.324 e. The molecule has 2 nitrogen and oxygen atoms in total. The first-order valence-electron chi connectivity index (χ1n) is 5.09. The van der Waals surface area contributed by atoms with Gasteiger partial charge < -0.3 is 4.29 Å². The number of hydrogen-bond donors (Lipinski definition) is 0. The topological polar surface area (TPSA) is 26.3 Å². The van der Waals surface area contributed by atoms with Crippen LogP contribution in [0.2, 0.25) is 0 Å². The molecular weight excluding hydrogens is 212 g/mol. The number of halogens is 1. The van der Waals surface area contributed by atoms with Crippen molar-refractivity contribution in [3.8, 4) is 0 Å². The van der Waals surface area contributed by atoms with Gasteiger partial charge in [-0.25, -0.2) is 0 Å². The van der Waals surface area contributed by atoms with Gasteiger partial charge in [-0.2, -0.15) is 0 Å². The van der Waals surface area contributed by atoms with Crippen LogP contribution in [0.25, 0.3) is 0 Å². The van der Waals surface area contributed by atoms with Crippen molar-refractivity contribution in [1.82, 2.24) is 0 Å². The first-order chi connectivity index (χ1) is 7.22. The lowest BCUT2D eigenvalue weighted by atomic mass is 10.1. The normalized spacial score (nSPS) is 10.0. The van der Waals surface area contributed by atoms with Crippen molar-refractivity contribution in [2.75, 3.05) is 0 Å². The van der Waals surface area contributed by atoms with Gasteiger partial charge in [0.1, 0.15) is 11.9 Å². The molecule has 15 heavy (non-hydrogen) atoms. The van der Waals surface area contributed by atoms with E-state index in [1.807, 2.05) is 0 Å². The maximum Gasteiger partial charge on any atom is 0.324 e. The Morgan fingerprint density at radius 1 is 1.27 bits per heavy atom. The van der Waals surface area contributed by atoms with E-state index < -0.39 is 0 Å². The zero-order valence-corrected chi connectivity index (χ0v) is 9.59. The minimum Gasteiger partial charge on any atom is -0.348 e. The number of hydrogen-bond acceptors (Lipinski definition) is 2. The van der Waals surface area contributed by atoms with Crippen molar-refractivity contribution >= 4 is 17.8 Å². The van der Waals surface area contributed by atoms with Crippen molar-refractivity contribution in [3.63, 3.8) is 0 Å². The van der Waals surface area contributed by atoms with Gasteiger partial charge in [-0.1, -0.05) is 29.8 Å². The molecule has 0 heterocycles. The average Bonchev–Trinajstić information content (AvgIpc) is 2.26. The van der Waals surface area contributed by atoms with Gasteiger partial charge in [0.25, 0.3) is 0 Å². The lowest BCUT2D eigenvalue weighted by molar-refractivity contribution is -0.134. The zero-order valence-electron chi connectivity index (χ0n) is 8.83. The summed E-state index contributed by atoms with van der Waals surface area (Å²) in [5.41, 5.74) is 2.57. The fourth-order valence-electron chi connectivity index (χ4n) is 1.39. The summed E-state index contributed by atoms with van der Waals surface area (Å²) >= 11 is 4.92. The van der Waals surface area contributed by atoms with Gasteiger partial charge in [0.15, 0.2) is 0 Å². The first-order valence-corrected chi connectivity index (χ1v) is 5.40. The predicted octanol–water partition coefficient (Wildman–Crippen LogP) is 3.40.